The summed E-state index contributed by atoms with van der Waals surface area (Å²) in [5, 5.41) is 11.3. The lowest BCUT2D eigenvalue weighted by Gasteiger charge is -2.38. The van der Waals surface area contributed by atoms with Crippen LogP contribution < -0.4 is 0 Å². The van der Waals surface area contributed by atoms with E-state index in [9.17, 15) is 23.7 Å². The number of nitro groups is 1. The molecule has 4 rings (SSSR count). The number of nitro benzene ring substituents is 1. The van der Waals surface area contributed by atoms with Crippen LogP contribution in [0.5, 0.6) is 0 Å². The maximum absolute atomic E-state index is 14.5. The number of halogens is 2. The minimum atomic E-state index is -0.723. The third-order valence-corrected chi connectivity index (χ3v) is 6.73. The number of fused-ring (bicyclic) bond motifs is 1. The fraction of sp³-hybridized carbons (Fsp3) is 0.367. The fourth-order valence-electron chi connectivity index (χ4n) is 4.85. The molecule has 0 radical (unpaired) electrons. The lowest BCUT2D eigenvalue weighted by Crippen LogP contribution is -2.47. The maximum Gasteiger partial charge on any atom is 0.410 e. The molecule has 3 aromatic rings. The molecule has 1 aliphatic heterocycles. The Bertz CT molecular complexity index is 1340. The summed E-state index contributed by atoms with van der Waals surface area (Å²) < 4.78 is 34.2. The van der Waals surface area contributed by atoms with Crippen molar-refractivity contribution >= 4 is 11.8 Å². The van der Waals surface area contributed by atoms with Crippen molar-refractivity contribution in [2.24, 2.45) is 0 Å². The van der Waals surface area contributed by atoms with Crippen molar-refractivity contribution in [3.63, 3.8) is 0 Å². The quantitative estimate of drug-likeness (QED) is 0.250. The number of ether oxygens (including phenoxy) is 1. The molecule has 0 N–H and O–H groups in total. The van der Waals surface area contributed by atoms with Gasteiger partial charge in [0.05, 0.1) is 4.92 Å². The lowest BCUT2D eigenvalue weighted by molar-refractivity contribution is -0.384. The molecule has 206 valence electrons. The van der Waals surface area contributed by atoms with Crippen molar-refractivity contribution in [3.8, 4) is 0 Å². The summed E-state index contributed by atoms with van der Waals surface area (Å²) >= 11 is 0. The number of carbonyl (C=O) groups is 1. The minimum Gasteiger partial charge on any atom is -0.444 e. The summed E-state index contributed by atoms with van der Waals surface area (Å²) in [7, 11) is 0. The van der Waals surface area contributed by atoms with Gasteiger partial charge < -0.3 is 9.64 Å². The Hall–Kier alpha value is -3.85. The molecule has 0 fully saturated rings. The molecule has 1 aliphatic rings. The van der Waals surface area contributed by atoms with Gasteiger partial charge in [-0.25, -0.2) is 13.6 Å². The molecule has 0 saturated heterocycles. The number of nitrogens with zero attached hydrogens (tertiary/aromatic N) is 3. The number of non-ortho nitro benzene ring substituents is 1. The van der Waals surface area contributed by atoms with Crippen LogP contribution in [0, 0.1) is 21.7 Å². The van der Waals surface area contributed by atoms with Gasteiger partial charge in [-0.2, -0.15) is 0 Å². The molecule has 0 saturated carbocycles. The molecule has 39 heavy (non-hydrogen) atoms. The van der Waals surface area contributed by atoms with Crippen LogP contribution in [0.25, 0.3) is 0 Å². The first kappa shape index (κ1) is 28.2. The predicted molar refractivity (Wildman–Crippen MR) is 144 cm³/mol. The van der Waals surface area contributed by atoms with E-state index >= 15 is 0 Å². The van der Waals surface area contributed by atoms with E-state index in [0.717, 1.165) is 11.1 Å². The van der Waals surface area contributed by atoms with Crippen molar-refractivity contribution < 1.29 is 23.2 Å². The lowest BCUT2D eigenvalue weighted by atomic mass is 9.90. The van der Waals surface area contributed by atoms with E-state index in [-0.39, 0.29) is 36.5 Å². The fourth-order valence-corrected chi connectivity index (χ4v) is 4.85. The Morgan fingerprint density at radius 1 is 1.08 bits per heavy atom. The van der Waals surface area contributed by atoms with Gasteiger partial charge in [0.1, 0.15) is 17.2 Å². The highest BCUT2D eigenvalue weighted by Gasteiger charge is 2.29. The first-order valence-electron chi connectivity index (χ1n) is 12.9. The van der Waals surface area contributed by atoms with Crippen LogP contribution in [0.3, 0.4) is 0 Å². The van der Waals surface area contributed by atoms with E-state index in [0.29, 0.717) is 37.1 Å². The average Bonchev–Trinajstić information content (AvgIpc) is 2.87. The number of amides is 1. The van der Waals surface area contributed by atoms with Crippen LogP contribution in [0.4, 0.5) is 19.3 Å². The molecular formula is C30H33F2N3O4. The summed E-state index contributed by atoms with van der Waals surface area (Å²) in [5.74, 6) is -0.594. The molecule has 1 atom stereocenters. The zero-order valence-corrected chi connectivity index (χ0v) is 22.4. The number of hydrogen-bond acceptors (Lipinski definition) is 5. The van der Waals surface area contributed by atoms with Gasteiger partial charge in [0.15, 0.2) is 0 Å². The van der Waals surface area contributed by atoms with Crippen LogP contribution >= 0.6 is 0 Å². The van der Waals surface area contributed by atoms with E-state index < -0.39 is 16.6 Å². The van der Waals surface area contributed by atoms with Gasteiger partial charge in [0, 0.05) is 44.4 Å². The maximum atomic E-state index is 14.5. The van der Waals surface area contributed by atoms with Gasteiger partial charge in [-0.3, -0.25) is 15.0 Å². The highest BCUT2D eigenvalue weighted by molar-refractivity contribution is 5.68. The standard InChI is InChI=1S/C30H33F2N3O4/c1-30(2,3)39-29(36)34(19-21-7-6-9-26(15-21)35(37)38)14-13-33-20-23-11-12-25(31)16-24(23)18-27(33)17-22-8-4-5-10-28(22)32/h4-12,15-16,27H,13-14,17-20H2,1-3H3. The first-order chi connectivity index (χ1) is 18.5. The Morgan fingerprint density at radius 2 is 1.85 bits per heavy atom. The number of hydrogen-bond donors (Lipinski definition) is 0. The third kappa shape index (κ3) is 7.60. The van der Waals surface area contributed by atoms with Crippen LogP contribution in [0.15, 0.2) is 66.7 Å². The molecule has 7 nitrogen and oxygen atoms in total. The molecule has 9 heteroatoms. The van der Waals surface area contributed by atoms with E-state index in [1.807, 2.05) is 0 Å². The second kappa shape index (κ2) is 11.9. The van der Waals surface area contributed by atoms with E-state index in [4.69, 9.17) is 4.74 Å². The van der Waals surface area contributed by atoms with Crippen LogP contribution in [0.2, 0.25) is 0 Å². The molecule has 1 amide bonds. The molecule has 0 bridgehead atoms. The summed E-state index contributed by atoms with van der Waals surface area (Å²) in [5.41, 5.74) is 2.29. The second-order valence-corrected chi connectivity index (χ2v) is 10.9. The monoisotopic (exact) mass is 537 g/mol. The molecule has 0 aromatic heterocycles. The first-order valence-corrected chi connectivity index (χ1v) is 12.9. The van der Waals surface area contributed by atoms with Crippen molar-refractivity contribution in [1.82, 2.24) is 9.80 Å². The zero-order valence-electron chi connectivity index (χ0n) is 22.4. The summed E-state index contributed by atoms with van der Waals surface area (Å²) in [4.78, 5) is 27.7. The van der Waals surface area contributed by atoms with Crippen molar-refractivity contribution in [2.45, 2.75) is 58.3 Å². The smallest absolute Gasteiger partial charge is 0.410 e. The van der Waals surface area contributed by atoms with Crippen molar-refractivity contribution in [2.75, 3.05) is 13.1 Å². The number of benzene rings is 3. The van der Waals surface area contributed by atoms with Crippen LogP contribution in [0.1, 0.15) is 43.0 Å². The molecular weight excluding hydrogens is 504 g/mol. The molecule has 0 spiro atoms. The highest BCUT2D eigenvalue weighted by Crippen LogP contribution is 2.27. The molecule has 1 unspecified atom stereocenters. The Morgan fingerprint density at radius 3 is 2.56 bits per heavy atom. The molecule has 1 heterocycles. The van der Waals surface area contributed by atoms with Gasteiger partial charge >= 0.3 is 6.09 Å². The summed E-state index contributed by atoms with van der Waals surface area (Å²) in [6, 6.07) is 17.4. The normalized spacial score (nSPS) is 15.5. The Kier molecular flexibility index (Phi) is 8.60. The van der Waals surface area contributed by atoms with Gasteiger partial charge in [0.25, 0.3) is 5.69 Å². The largest absolute Gasteiger partial charge is 0.444 e. The highest BCUT2D eigenvalue weighted by atomic mass is 19.1. The van der Waals surface area contributed by atoms with Crippen molar-refractivity contribution in [3.05, 3.63) is 111 Å². The van der Waals surface area contributed by atoms with Gasteiger partial charge in [-0.15, -0.1) is 0 Å². The van der Waals surface area contributed by atoms with Crippen molar-refractivity contribution in [1.29, 1.82) is 0 Å². The average molecular weight is 538 g/mol. The summed E-state index contributed by atoms with van der Waals surface area (Å²) in [6.07, 6.45) is 0.442. The summed E-state index contributed by atoms with van der Waals surface area (Å²) in [6.45, 7) is 6.72. The predicted octanol–water partition coefficient (Wildman–Crippen LogP) is 6.28. The van der Waals surface area contributed by atoms with Gasteiger partial charge in [-0.05, 0) is 74.1 Å². The SMILES string of the molecule is CC(C)(C)OC(=O)N(CCN1Cc2ccc(F)cc2CC1Cc1ccccc1F)Cc1cccc([N+](=O)[O-])c1. The number of carbonyl (C=O) groups excluding carboxylic acids is 1. The van der Waals surface area contributed by atoms with Crippen LogP contribution in [-0.4, -0.2) is 45.5 Å². The van der Waals surface area contributed by atoms with E-state index in [2.05, 4.69) is 4.90 Å². The third-order valence-electron chi connectivity index (χ3n) is 6.73. The van der Waals surface area contributed by atoms with Gasteiger partial charge in [0.2, 0.25) is 0 Å². The minimum absolute atomic E-state index is 0.0542. The second-order valence-electron chi connectivity index (χ2n) is 10.9. The Balaban J connectivity index is 1.57. The number of rotatable bonds is 8. The van der Waals surface area contributed by atoms with E-state index in [1.165, 1.54) is 35.2 Å². The topological polar surface area (TPSA) is 75.9 Å². The van der Waals surface area contributed by atoms with Gasteiger partial charge in [-0.1, -0.05) is 36.4 Å². The zero-order chi connectivity index (χ0) is 28.2. The molecule has 3 aromatic carbocycles. The van der Waals surface area contributed by atoms with E-state index in [1.54, 1.807) is 57.2 Å². The Labute approximate surface area is 227 Å². The molecule has 0 aliphatic carbocycles. The van der Waals surface area contributed by atoms with Crippen LogP contribution in [-0.2, 0) is 30.7 Å².